The molecule has 3 N–H and O–H groups in total. The van der Waals surface area contributed by atoms with Crippen molar-refractivity contribution in [2.45, 2.75) is 26.3 Å². The number of hydrogen-bond acceptors (Lipinski definition) is 4. The largest absolute Gasteiger partial charge is 0.395 e. The van der Waals surface area contributed by atoms with Crippen molar-refractivity contribution in [3.8, 4) is 0 Å². The fourth-order valence-corrected chi connectivity index (χ4v) is 3.95. The first-order valence-corrected chi connectivity index (χ1v) is 9.12. The Balaban J connectivity index is 1.97. The second kappa shape index (κ2) is 7.56. The van der Waals surface area contributed by atoms with Crippen LogP contribution in [0.3, 0.4) is 0 Å². The normalized spacial score (nSPS) is 20.1. The zero-order valence-corrected chi connectivity index (χ0v) is 14.4. The van der Waals surface area contributed by atoms with Crippen molar-refractivity contribution in [1.82, 2.24) is 9.03 Å². The van der Waals surface area contributed by atoms with Crippen molar-refractivity contribution in [2.75, 3.05) is 25.0 Å². The van der Waals surface area contributed by atoms with Crippen LogP contribution in [0.5, 0.6) is 0 Å². The molecule has 1 fully saturated rings. The number of rotatable bonds is 6. The number of aryl methyl sites for hydroxylation is 1. The maximum Gasteiger partial charge on any atom is 0.279 e. The molecular weight excluding hydrogens is 337 g/mol. The fraction of sp³-hybridized carbons (Fsp3) is 0.533. The number of aliphatic hydroxyl groups excluding tert-OH is 1. The summed E-state index contributed by atoms with van der Waals surface area (Å²) in [4.78, 5) is 12.3. The number of benzene rings is 1. The number of nitrogens with one attached hydrogen (secondary N) is 2. The van der Waals surface area contributed by atoms with Gasteiger partial charge in [0.2, 0.25) is 5.91 Å². The molecule has 9 heteroatoms. The van der Waals surface area contributed by atoms with Gasteiger partial charge in [-0.3, -0.25) is 4.79 Å². The Hall–Kier alpha value is -1.55. The van der Waals surface area contributed by atoms with Gasteiger partial charge in [-0.15, -0.1) is 0 Å². The summed E-state index contributed by atoms with van der Waals surface area (Å²) in [7, 11) is -3.73. The van der Waals surface area contributed by atoms with Crippen LogP contribution in [0.4, 0.5) is 10.1 Å². The van der Waals surface area contributed by atoms with Gasteiger partial charge in [-0.05, 0) is 44.0 Å². The lowest BCUT2D eigenvalue weighted by Crippen LogP contribution is -2.45. The summed E-state index contributed by atoms with van der Waals surface area (Å²) in [6, 6.07) is 3.68. The van der Waals surface area contributed by atoms with E-state index in [1.807, 2.05) is 0 Å². The summed E-state index contributed by atoms with van der Waals surface area (Å²) in [5, 5.41) is 11.6. The molecule has 0 spiro atoms. The number of carbonyl (C=O) groups is 1. The molecule has 1 saturated heterocycles. The van der Waals surface area contributed by atoms with Crippen molar-refractivity contribution in [3.05, 3.63) is 29.6 Å². The van der Waals surface area contributed by atoms with Crippen LogP contribution in [0.1, 0.15) is 18.9 Å². The van der Waals surface area contributed by atoms with E-state index in [0.29, 0.717) is 17.7 Å². The van der Waals surface area contributed by atoms with Crippen molar-refractivity contribution in [2.24, 2.45) is 5.92 Å². The number of nitrogens with zero attached hydrogens (tertiary/aromatic N) is 1. The van der Waals surface area contributed by atoms with E-state index in [1.54, 1.807) is 13.8 Å². The van der Waals surface area contributed by atoms with Gasteiger partial charge in [0.05, 0.1) is 12.5 Å². The van der Waals surface area contributed by atoms with E-state index in [9.17, 15) is 17.6 Å². The maximum atomic E-state index is 13.2. The molecule has 1 amide bonds. The van der Waals surface area contributed by atoms with Crippen LogP contribution < -0.4 is 10.0 Å². The van der Waals surface area contributed by atoms with Crippen molar-refractivity contribution in [1.29, 1.82) is 0 Å². The Bertz CT molecular complexity index is 711. The van der Waals surface area contributed by atoms with Crippen molar-refractivity contribution < 1.29 is 22.7 Å². The molecule has 2 atom stereocenters. The molecule has 7 nitrogen and oxygen atoms in total. The minimum atomic E-state index is -3.73. The number of aliphatic hydroxyl groups is 1. The summed E-state index contributed by atoms with van der Waals surface area (Å²) in [6.45, 7) is 3.14. The van der Waals surface area contributed by atoms with E-state index in [1.165, 1.54) is 22.5 Å². The second-order valence-corrected chi connectivity index (χ2v) is 7.71. The molecule has 2 rings (SSSR count). The van der Waals surface area contributed by atoms with E-state index in [2.05, 4.69) is 10.0 Å². The number of carbonyl (C=O) groups excluding carboxylic acids is 1. The summed E-state index contributed by atoms with van der Waals surface area (Å²) in [5.41, 5.74) is 0.901. The first-order valence-electron chi connectivity index (χ1n) is 7.68. The summed E-state index contributed by atoms with van der Waals surface area (Å²) in [5.74, 6) is -1.12. The van der Waals surface area contributed by atoms with Crippen LogP contribution in [0.2, 0.25) is 0 Å². The molecule has 1 heterocycles. The quantitative estimate of drug-likeness (QED) is 0.693. The van der Waals surface area contributed by atoms with E-state index in [0.717, 1.165) is 0 Å². The highest BCUT2D eigenvalue weighted by Crippen LogP contribution is 2.21. The third-order valence-electron chi connectivity index (χ3n) is 3.91. The van der Waals surface area contributed by atoms with Gasteiger partial charge in [-0.1, -0.05) is 0 Å². The molecule has 1 aromatic carbocycles. The molecule has 1 aliphatic rings. The first kappa shape index (κ1) is 18.8. The van der Waals surface area contributed by atoms with Crippen LogP contribution in [0, 0.1) is 18.7 Å². The second-order valence-electron chi connectivity index (χ2n) is 6.00. The summed E-state index contributed by atoms with van der Waals surface area (Å²) < 4.78 is 41.1. The molecule has 0 radical (unpaired) electrons. The Kier molecular flexibility index (Phi) is 5.92. The molecule has 0 bridgehead atoms. The molecule has 0 saturated carbocycles. The molecule has 0 aromatic heterocycles. The Morgan fingerprint density at radius 1 is 1.50 bits per heavy atom. The number of hydrogen-bond donors (Lipinski definition) is 3. The van der Waals surface area contributed by atoms with Gasteiger partial charge >= 0.3 is 0 Å². The zero-order valence-electron chi connectivity index (χ0n) is 13.6. The molecule has 134 valence electrons. The van der Waals surface area contributed by atoms with Crippen LogP contribution in [0.25, 0.3) is 0 Å². The van der Waals surface area contributed by atoms with E-state index >= 15 is 0 Å². The number of amides is 1. The van der Waals surface area contributed by atoms with Gasteiger partial charge in [0.25, 0.3) is 10.2 Å². The molecule has 24 heavy (non-hydrogen) atoms. The van der Waals surface area contributed by atoms with Crippen molar-refractivity contribution in [3.63, 3.8) is 0 Å². The van der Waals surface area contributed by atoms with Crippen LogP contribution in [-0.2, 0) is 15.0 Å². The van der Waals surface area contributed by atoms with Gasteiger partial charge in [0.1, 0.15) is 5.82 Å². The van der Waals surface area contributed by atoms with Gasteiger partial charge in [0.15, 0.2) is 0 Å². The lowest BCUT2D eigenvalue weighted by Gasteiger charge is -2.19. The predicted octanol–water partition coefficient (Wildman–Crippen LogP) is 0.610. The van der Waals surface area contributed by atoms with Gasteiger partial charge in [-0.2, -0.15) is 17.4 Å². The molecule has 1 aliphatic heterocycles. The molecular formula is C15H22FN3O4S. The summed E-state index contributed by atoms with van der Waals surface area (Å²) in [6.07, 6.45) is 0.403. The van der Waals surface area contributed by atoms with E-state index in [4.69, 9.17) is 5.11 Å². The third kappa shape index (κ3) is 4.50. The topological polar surface area (TPSA) is 98.7 Å². The Labute approximate surface area is 141 Å². The maximum absolute atomic E-state index is 13.2. The smallest absolute Gasteiger partial charge is 0.279 e. The van der Waals surface area contributed by atoms with Crippen LogP contribution >= 0.6 is 0 Å². The molecule has 1 aromatic rings. The van der Waals surface area contributed by atoms with Gasteiger partial charge in [-0.25, -0.2) is 4.39 Å². The van der Waals surface area contributed by atoms with Crippen molar-refractivity contribution >= 4 is 21.8 Å². The van der Waals surface area contributed by atoms with Crippen LogP contribution in [0.15, 0.2) is 18.2 Å². The van der Waals surface area contributed by atoms with Gasteiger partial charge in [0, 0.05) is 24.8 Å². The van der Waals surface area contributed by atoms with E-state index in [-0.39, 0.29) is 31.4 Å². The minimum Gasteiger partial charge on any atom is -0.395 e. The Morgan fingerprint density at radius 2 is 2.21 bits per heavy atom. The zero-order chi connectivity index (χ0) is 17.9. The number of halogens is 1. The monoisotopic (exact) mass is 359 g/mol. The average Bonchev–Trinajstić information content (AvgIpc) is 3.01. The molecule has 1 unspecified atom stereocenters. The van der Waals surface area contributed by atoms with Gasteiger partial charge < -0.3 is 10.4 Å². The Morgan fingerprint density at radius 3 is 2.83 bits per heavy atom. The highest BCUT2D eigenvalue weighted by molar-refractivity contribution is 7.87. The third-order valence-corrected chi connectivity index (χ3v) is 5.62. The highest BCUT2D eigenvalue weighted by atomic mass is 32.2. The first-order chi connectivity index (χ1) is 11.2. The predicted molar refractivity (Wildman–Crippen MR) is 88.1 cm³/mol. The lowest BCUT2D eigenvalue weighted by molar-refractivity contribution is -0.119. The standard InChI is InChI=1S/C15H22FN3O4S/c1-10-7-13(3-4-14(10)16)17-15(21)12-5-6-19(8-12)24(22,23)18-11(2)9-20/h3-4,7,11-12,18,20H,5-6,8-9H2,1-2H3,(H,17,21)/t11-,12?/m1/s1. The average molecular weight is 359 g/mol. The molecule has 0 aliphatic carbocycles. The fourth-order valence-electron chi connectivity index (χ4n) is 2.49. The summed E-state index contributed by atoms with van der Waals surface area (Å²) >= 11 is 0. The SMILES string of the molecule is Cc1cc(NC(=O)C2CCN(S(=O)(=O)N[C@H](C)CO)C2)ccc1F. The van der Waals surface area contributed by atoms with E-state index < -0.39 is 22.2 Å². The van der Waals surface area contributed by atoms with Crippen LogP contribution in [-0.4, -0.2) is 49.5 Å². The number of anilines is 1. The lowest BCUT2D eigenvalue weighted by atomic mass is 10.1. The highest BCUT2D eigenvalue weighted by Gasteiger charge is 2.35. The minimum absolute atomic E-state index is 0.0689.